The molecule has 0 aliphatic carbocycles. The fraction of sp³-hybridized carbons (Fsp3) is 0.321. The van der Waals surface area contributed by atoms with Crippen LogP contribution in [-0.4, -0.2) is 23.1 Å². The van der Waals surface area contributed by atoms with Crippen molar-refractivity contribution >= 4 is 6.09 Å². The van der Waals surface area contributed by atoms with Gasteiger partial charge in [-0.3, -0.25) is 0 Å². The molecule has 0 unspecified atom stereocenters. The van der Waals surface area contributed by atoms with Gasteiger partial charge in [-0.15, -0.1) is 0 Å². The van der Waals surface area contributed by atoms with Crippen molar-refractivity contribution in [3.63, 3.8) is 0 Å². The Morgan fingerprint density at radius 3 is 2.06 bits per heavy atom. The summed E-state index contributed by atoms with van der Waals surface area (Å²) in [5.41, 5.74) is 3.82. The van der Waals surface area contributed by atoms with E-state index >= 15 is 0 Å². The Kier molecular flexibility index (Phi) is 6.87. The zero-order valence-corrected chi connectivity index (χ0v) is 19.5. The van der Waals surface area contributed by atoms with Crippen molar-refractivity contribution in [2.75, 3.05) is 6.54 Å². The number of fused-ring (bicyclic) bond motifs is 1. The SMILES string of the molecule is CC(C)(C)OC(=O)N1CCc2c(ccc(OCc3ccccc3)c2OCc2ccccc2)C1. The minimum absolute atomic E-state index is 0.288. The van der Waals surface area contributed by atoms with Crippen LogP contribution in [0, 0.1) is 0 Å². The lowest BCUT2D eigenvalue weighted by Gasteiger charge is -2.32. The summed E-state index contributed by atoms with van der Waals surface area (Å²) in [7, 11) is 0. The van der Waals surface area contributed by atoms with Crippen molar-refractivity contribution in [1.82, 2.24) is 4.90 Å². The predicted molar refractivity (Wildman–Crippen MR) is 128 cm³/mol. The molecule has 0 saturated heterocycles. The number of carbonyl (C=O) groups is 1. The highest BCUT2D eigenvalue weighted by Gasteiger charge is 2.28. The van der Waals surface area contributed by atoms with Gasteiger partial charge in [0.25, 0.3) is 0 Å². The van der Waals surface area contributed by atoms with Gasteiger partial charge in [0.1, 0.15) is 18.8 Å². The lowest BCUT2D eigenvalue weighted by molar-refractivity contribution is 0.0222. The highest BCUT2D eigenvalue weighted by Crippen LogP contribution is 2.38. The second-order valence-corrected chi connectivity index (χ2v) is 9.23. The molecular weight excluding hydrogens is 414 g/mol. The summed E-state index contributed by atoms with van der Waals surface area (Å²) in [4.78, 5) is 14.3. The van der Waals surface area contributed by atoms with Crippen molar-refractivity contribution in [1.29, 1.82) is 0 Å². The Balaban J connectivity index is 1.56. The zero-order valence-electron chi connectivity index (χ0n) is 19.5. The van der Waals surface area contributed by atoms with Crippen LogP contribution in [0.3, 0.4) is 0 Å². The molecule has 1 amide bonds. The monoisotopic (exact) mass is 445 g/mol. The minimum atomic E-state index is -0.517. The van der Waals surface area contributed by atoms with E-state index in [4.69, 9.17) is 14.2 Å². The molecule has 0 N–H and O–H groups in total. The summed E-state index contributed by atoms with van der Waals surface area (Å²) in [6, 6.07) is 24.2. The third-order valence-electron chi connectivity index (χ3n) is 5.43. The van der Waals surface area contributed by atoms with Gasteiger partial charge in [-0.2, -0.15) is 0 Å². The number of ether oxygens (including phenoxy) is 3. The van der Waals surface area contributed by atoms with Crippen LogP contribution in [0.15, 0.2) is 72.8 Å². The average Bonchev–Trinajstić information content (AvgIpc) is 2.81. The van der Waals surface area contributed by atoms with Gasteiger partial charge >= 0.3 is 6.09 Å². The molecular formula is C28H31NO4. The van der Waals surface area contributed by atoms with Crippen LogP contribution in [0.4, 0.5) is 4.79 Å². The Labute approximate surface area is 195 Å². The number of hydrogen-bond donors (Lipinski definition) is 0. The number of benzene rings is 3. The third-order valence-corrected chi connectivity index (χ3v) is 5.43. The van der Waals surface area contributed by atoms with E-state index in [1.54, 1.807) is 4.90 Å². The number of nitrogens with zero attached hydrogens (tertiary/aromatic N) is 1. The first-order valence-corrected chi connectivity index (χ1v) is 11.4. The number of rotatable bonds is 6. The van der Waals surface area contributed by atoms with E-state index in [1.165, 1.54) is 0 Å². The van der Waals surface area contributed by atoms with E-state index in [0.29, 0.717) is 32.7 Å². The number of amides is 1. The molecule has 0 bridgehead atoms. The molecule has 172 valence electrons. The molecule has 3 aromatic carbocycles. The predicted octanol–water partition coefficient (Wildman–Crippen LogP) is 6.14. The van der Waals surface area contributed by atoms with Crippen molar-refractivity contribution in [2.45, 2.75) is 52.6 Å². The smallest absolute Gasteiger partial charge is 0.410 e. The van der Waals surface area contributed by atoms with Gasteiger partial charge in [0, 0.05) is 18.7 Å². The van der Waals surface area contributed by atoms with Crippen LogP contribution in [0.25, 0.3) is 0 Å². The largest absolute Gasteiger partial charge is 0.485 e. The first-order valence-electron chi connectivity index (χ1n) is 11.4. The average molecular weight is 446 g/mol. The summed E-state index contributed by atoms with van der Waals surface area (Å²) in [5.74, 6) is 1.48. The first-order chi connectivity index (χ1) is 15.9. The molecule has 0 spiro atoms. The Morgan fingerprint density at radius 1 is 0.848 bits per heavy atom. The fourth-order valence-electron chi connectivity index (χ4n) is 3.82. The van der Waals surface area contributed by atoms with Crippen LogP contribution in [-0.2, 0) is 30.9 Å². The van der Waals surface area contributed by atoms with Gasteiger partial charge in [-0.25, -0.2) is 4.79 Å². The Morgan fingerprint density at radius 2 is 1.45 bits per heavy atom. The van der Waals surface area contributed by atoms with Gasteiger partial charge in [0.05, 0.1) is 0 Å². The maximum Gasteiger partial charge on any atom is 0.410 e. The van der Waals surface area contributed by atoms with Gasteiger partial charge in [0.15, 0.2) is 11.5 Å². The van der Waals surface area contributed by atoms with Crippen LogP contribution in [0.1, 0.15) is 43.0 Å². The second kappa shape index (κ2) is 9.99. The van der Waals surface area contributed by atoms with Crippen molar-refractivity contribution in [3.8, 4) is 11.5 Å². The van der Waals surface area contributed by atoms with Crippen molar-refractivity contribution in [3.05, 3.63) is 95.1 Å². The van der Waals surface area contributed by atoms with E-state index in [0.717, 1.165) is 33.8 Å². The first kappa shape index (κ1) is 22.7. The second-order valence-electron chi connectivity index (χ2n) is 9.23. The molecule has 0 radical (unpaired) electrons. The van der Waals surface area contributed by atoms with E-state index in [2.05, 4.69) is 0 Å². The molecule has 4 rings (SSSR count). The fourth-order valence-corrected chi connectivity index (χ4v) is 3.82. The zero-order chi connectivity index (χ0) is 23.3. The standard InChI is InChI=1S/C28H31NO4/c1-28(2,3)33-27(30)29-17-16-24-23(18-29)14-15-25(31-19-21-10-6-4-7-11-21)26(24)32-20-22-12-8-5-9-13-22/h4-15H,16-20H2,1-3H3. The normalized spacial score (nSPS) is 13.2. The lowest BCUT2D eigenvalue weighted by atomic mass is 9.98. The summed E-state index contributed by atoms with van der Waals surface area (Å²) in [6.07, 6.45) is 0.394. The molecule has 1 heterocycles. The molecule has 0 fully saturated rings. The van der Waals surface area contributed by atoms with Crippen LogP contribution in [0.2, 0.25) is 0 Å². The number of hydrogen-bond acceptors (Lipinski definition) is 4. The maximum atomic E-state index is 12.6. The minimum Gasteiger partial charge on any atom is -0.485 e. The van der Waals surface area contributed by atoms with Crippen LogP contribution < -0.4 is 9.47 Å². The van der Waals surface area contributed by atoms with Gasteiger partial charge in [-0.1, -0.05) is 66.7 Å². The van der Waals surface area contributed by atoms with E-state index in [9.17, 15) is 4.79 Å². The Hall–Kier alpha value is -3.47. The summed E-state index contributed by atoms with van der Waals surface area (Å²) >= 11 is 0. The summed E-state index contributed by atoms with van der Waals surface area (Å²) < 4.78 is 18.1. The maximum absolute atomic E-state index is 12.6. The quantitative estimate of drug-likeness (QED) is 0.457. The Bertz CT molecular complexity index is 1070. The molecule has 1 aliphatic heterocycles. The van der Waals surface area contributed by atoms with Gasteiger partial charge in [-0.05, 0) is 49.9 Å². The number of carbonyl (C=O) groups excluding carboxylic acids is 1. The molecule has 0 atom stereocenters. The van der Waals surface area contributed by atoms with E-state index < -0.39 is 5.60 Å². The topological polar surface area (TPSA) is 48.0 Å². The molecule has 0 aromatic heterocycles. The summed E-state index contributed by atoms with van der Waals surface area (Å²) in [6.45, 7) is 7.63. The molecule has 33 heavy (non-hydrogen) atoms. The molecule has 5 nitrogen and oxygen atoms in total. The van der Waals surface area contributed by atoms with Crippen LogP contribution in [0.5, 0.6) is 11.5 Å². The van der Waals surface area contributed by atoms with Crippen molar-refractivity contribution in [2.24, 2.45) is 0 Å². The summed E-state index contributed by atoms with van der Waals surface area (Å²) in [5, 5.41) is 0. The van der Waals surface area contributed by atoms with Crippen molar-refractivity contribution < 1.29 is 19.0 Å². The van der Waals surface area contributed by atoms with Gasteiger partial charge in [0.2, 0.25) is 0 Å². The molecule has 1 aliphatic rings. The van der Waals surface area contributed by atoms with Crippen LogP contribution >= 0.6 is 0 Å². The lowest BCUT2D eigenvalue weighted by Crippen LogP contribution is -2.40. The molecule has 3 aromatic rings. The highest BCUT2D eigenvalue weighted by atomic mass is 16.6. The highest BCUT2D eigenvalue weighted by molar-refractivity contribution is 5.69. The molecule has 5 heteroatoms. The van der Waals surface area contributed by atoms with E-state index in [1.807, 2.05) is 93.6 Å². The third kappa shape index (κ3) is 6.07. The van der Waals surface area contributed by atoms with Gasteiger partial charge < -0.3 is 19.1 Å². The molecule has 0 saturated carbocycles. The van der Waals surface area contributed by atoms with E-state index in [-0.39, 0.29) is 6.09 Å².